The standard InChI is InChI=1S/C15H21ClN4O4/c1-6-24-14(23)20-11(17-12(21)8(2)3)9-7-19(13(16)22)15(4,5)10(9)18-20/h8H,6-7H2,1-5H3,(H,17,21). The number of fused-ring (bicyclic) bond motifs is 1. The van der Waals surface area contributed by atoms with Crippen LogP contribution in [0.1, 0.15) is 45.9 Å². The van der Waals surface area contributed by atoms with Crippen molar-refractivity contribution in [3.05, 3.63) is 11.3 Å². The van der Waals surface area contributed by atoms with Gasteiger partial charge in [0.2, 0.25) is 5.91 Å². The van der Waals surface area contributed by atoms with Crippen molar-refractivity contribution < 1.29 is 19.1 Å². The SMILES string of the molecule is CCOC(=O)n1nc2c(c1NC(=O)C(C)C)CN(C(=O)Cl)C2(C)C. The maximum atomic E-state index is 12.2. The van der Waals surface area contributed by atoms with Crippen molar-refractivity contribution in [2.24, 2.45) is 5.92 Å². The summed E-state index contributed by atoms with van der Waals surface area (Å²) in [5.41, 5.74) is 0.281. The first kappa shape index (κ1) is 18.3. The zero-order valence-electron chi connectivity index (χ0n) is 14.3. The number of carbonyl (C=O) groups is 3. The second-order valence-electron chi connectivity index (χ2n) is 6.33. The smallest absolute Gasteiger partial charge is 0.436 e. The van der Waals surface area contributed by atoms with Crippen molar-refractivity contribution in [3.63, 3.8) is 0 Å². The normalized spacial score (nSPS) is 15.4. The van der Waals surface area contributed by atoms with Gasteiger partial charge in [-0.1, -0.05) is 13.8 Å². The Morgan fingerprint density at radius 3 is 2.50 bits per heavy atom. The monoisotopic (exact) mass is 356 g/mol. The average molecular weight is 357 g/mol. The van der Waals surface area contributed by atoms with Gasteiger partial charge in [-0.3, -0.25) is 9.59 Å². The van der Waals surface area contributed by atoms with Gasteiger partial charge in [0.05, 0.1) is 24.4 Å². The minimum Gasteiger partial charge on any atom is -0.448 e. The first-order chi connectivity index (χ1) is 11.1. The van der Waals surface area contributed by atoms with Crippen LogP contribution in [0.25, 0.3) is 0 Å². The van der Waals surface area contributed by atoms with E-state index in [-0.39, 0.29) is 30.8 Å². The molecule has 1 aromatic heterocycles. The van der Waals surface area contributed by atoms with E-state index in [0.29, 0.717) is 11.3 Å². The lowest BCUT2D eigenvalue weighted by atomic mass is 10.0. The molecule has 24 heavy (non-hydrogen) atoms. The molecular formula is C15H21ClN4O4. The fourth-order valence-electron chi connectivity index (χ4n) is 2.56. The number of rotatable bonds is 3. The van der Waals surface area contributed by atoms with Crippen LogP contribution in [0, 0.1) is 5.92 Å². The fourth-order valence-corrected chi connectivity index (χ4v) is 2.83. The van der Waals surface area contributed by atoms with Crippen molar-refractivity contribution in [3.8, 4) is 0 Å². The van der Waals surface area contributed by atoms with Crippen molar-refractivity contribution in [2.45, 2.75) is 46.7 Å². The summed E-state index contributed by atoms with van der Waals surface area (Å²) >= 11 is 5.65. The Morgan fingerprint density at radius 1 is 1.38 bits per heavy atom. The number of carbonyl (C=O) groups excluding carboxylic acids is 3. The summed E-state index contributed by atoms with van der Waals surface area (Å²) in [6.07, 6.45) is -0.689. The molecule has 0 saturated carbocycles. The molecule has 0 radical (unpaired) electrons. The van der Waals surface area contributed by atoms with Crippen molar-refractivity contribution in [1.29, 1.82) is 0 Å². The molecule has 1 N–H and O–H groups in total. The maximum Gasteiger partial charge on any atom is 0.436 e. The van der Waals surface area contributed by atoms with E-state index in [0.717, 1.165) is 4.68 Å². The van der Waals surface area contributed by atoms with Gasteiger partial charge in [0.15, 0.2) is 0 Å². The second kappa shape index (κ2) is 6.43. The second-order valence-corrected chi connectivity index (χ2v) is 6.65. The van der Waals surface area contributed by atoms with Crippen LogP contribution in [0.2, 0.25) is 0 Å². The number of amides is 2. The van der Waals surface area contributed by atoms with Gasteiger partial charge in [-0.25, -0.2) is 4.79 Å². The molecule has 8 nitrogen and oxygen atoms in total. The van der Waals surface area contributed by atoms with Crippen LogP contribution in [0.3, 0.4) is 0 Å². The van der Waals surface area contributed by atoms with Crippen molar-refractivity contribution in [1.82, 2.24) is 14.7 Å². The van der Waals surface area contributed by atoms with Gasteiger partial charge in [-0.05, 0) is 32.4 Å². The van der Waals surface area contributed by atoms with Crippen LogP contribution in [-0.4, -0.2) is 38.7 Å². The van der Waals surface area contributed by atoms with Gasteiger partial charge in [-0.15, -0.1) is 4.68 Å². The number of nitrogens with one attached hydrogen (secondary N) is 1. The zero-order chi connectivity index (χ0) is 18.2. The third-order valence-corrected chi connectivity index (χ3v) is 4.18. The Bertz CT molecular complexity index is 696. The third-order valence-electron chi connectivity index (χ3n) is 3.97. The average Bonchev–Trinajstić information content (AvgIpc) is 2.95. The quantitative estimate of drug-likeness (QED) is 0.663. The van der Waals surface area contributed by atoms with Crippen molar-refractivity contribution in [2.75, 3.05) is 11.9 Å². The lowest BCUT2D eigenvalue weighted by molar-refractivity contribution is -0.118. The van der Waals surface area contributed by atoms with Crippen molar-refractivity contribution >= 4 is 34.8 Å². The molecule has 1 aliphatic rings. The Labute approximate surface area is 145 Å². The molecule has 0 bridgehead atoms. The Balaban J connectivity index is 2.54. The number of halogens is 1. The molecule has 0 atom stereocenters. The van der Waals surface area contributed by atoms with E-state index in [1.807, 2.05) is 0 Å². The zero-order valence-corrected chi connectivity index (χ0v) is 15.1. The van der Waals surface area contributed by atoms with Crippen LogP contribution in [0.4, 0.5) is 15.4 Å². The number of hydrogen-bond acceptors (Lipinski definition) is 5. The number of anilines is 1. The van der Waals surface area contributed by atoms with E-state index in [1.165, 1.54) is 4.90 Å². The van der Waals surface area contributed by atoms with Crippen LogP contribution in [-0.2, 0) is 21.6 Å². The van der Waals surface area contributed by atoms with Gasteiger partial charge in [0, 0.05) is 11.5 Å². The molecule has 0 unspecified atom stereocenters. The highest BCUT2D eigenvalue weighted by Gasteiger charge is 2.45. The summed E-state index contributed by atoms with van der Waals surface area (Å²) < 4.78 is 6.03. The first-order valence-electron chi connectivity index (χ1n) is 7.68. The molecule has 2 heterocycles. The fraction of sp³-hybridized carbons (Fsp3) is 0.600. The molecule has 0 fully saturated rings. The highest BCUT2D eigenvalue weighted by molar-refractivity contribution is 6.62. The van der Waals surface area contributed by atoms with E-state index >= 15 is 0 Å². The summed E-state index contributed by atoms with van der Waals surface area (Å²) in [5.74, 6) is -0.335. The van der Waals surface area contributed by atoms with Gasteiger partial charge in [0.1, 0.15) is 5.82 Å². The number of aromatic nitrogens is 2. The number of hydrogen-bond donors (Lipinski definition) is 1. The molecule has 2 amide bonds. The Morgan fingerprint density at radius 2 is 2.00 bits per heavy atom. The Kier molecular flexibility index (Phi) is 4.89. The highest BCUT2D eigenvalue weighted by Crippen LogP contribution is 2.42. The van der Waals surface area contributed by atoms with Crippen LogP contribution in [0.5, 0.6) is 0 Å². The molecule has 0 saturated heterocycles. The lowest BCUT2D eigenvalue weighted by Crippen LogP contribution is -2.38. The molecule has 9 heteroatoms. The predicted octanol–water partition coefficient (Wildman–Crippen LogP) is 2.89. The molecule has 132 valence electrons. The first-order valence-corrected chi connectivity index (χ1v) is 8.06. The van der Waals surface area contributed by atoms with Crippen LogP contribution >= 0.6 is 11.6 Å². The van der Waals surface area contributed by atoms with Gasteiger partial charge in [-0.2, -0.15) is 5.10 Å². The van der Waals surface area contributed by atoms with Crippen LogP contribution < -0.4 is 5.32 Å². The summed E-state index contributed by atoms with van der Waals surface area (Å²) in [5, 5.41) is 6.37. The molecule has 0 spiro atoms. The van der Waals surface area contributed by atoms with Gasteiger partial charge >= 0.3 is 11.5 Å². The lowest BCUT2D eigenvalue weighted by Gasteiger charge is -2.29. The van der Waals surface area contributed by atoms with E-state index in [1.54, 1.807) is 34.6 Å². The third kappa shape index (κ3) is 2.98. The molecule has 1 aliphatic heterocycles. The largest absolute Gasteiger partial charge is 0.448 e. The molecule has 0 aromatic carbocycles. The van der Waals surface area contributed by atoms with E-state index < -0.39 is 17.0 Å². The molecule has 2 rings (SSSR count). The maximum absolute atomic E-state index is 12.2. The molecular weight excluding hydrogens is 336 g/mol. The van der Waals surface area contributed by atoms with E-state index in [4.69, 9.17) is 16.3 Å². The van der Waals surface area contributed by atoms with E-state index in [9.17, 15) is 14.4 Å². The predicted molar refractivity (Wildman–Crippen MR) is 87.9 cm³/mol. The van der Waals surface area contributed by atoms with Gasteiger partial charge < -0.3 is 15.0 Å². The number of ether oxygens (including phenoxy) is 1. The van der Waals surface area contributed by atoms with E-state index in [2.05, 4.69) is 10.4 Å². The van der Waals surface area contributed by atoms with Gasteiger partial charge in [0.25, 0.3) is 0 Å². The topological polar surface area (TPSA) is 93.5 Å². The Hall–Kier alpha value is -2.09. The van der Waals surface area contributed by atoms with Crippen LogP contribution in [0.15, 0.2) is 0 Å². The summed E-state index contributed by atoms with van der Waals surface area (Å²) in [6, 6.07) is 0. The molecule has 1 aromatic rings. The minimum absolute atomic E-state index is 0.151. The summed E-state index contributed by atoms with van der Waals surface area (Å²) in [6.45, 7) is 9.03. The molecule has 0 aliphatic carbocycles. The summed E-state index contributed by atoms with van der Waals surface area (Å²) in [4.78, 5) is 37.4. The summed E-state index contributed by atoms with van der Waals surface area (Å²) in [7, 11) is 0. The number of nitrogens with zero attached hydrogens (tertiary/aromatic N) is 3. The highest BCUT2D eigenvalue weighted by atomic mass is 35.5. The minimum atomic E-state index is -0.802.